The molecule has 140 valence electrons. The fourth-order valence-corrected chi connectivity index (χ4v) is 4.09. The standard InChI is InChI=1S/C19H24ClN3O3/c1-13-5-2-3-9-19(13)17(25)23(18(26)22-19)12-16(24)21-10-8-14-6-4-7-15(20)11-14/h4,6-7,11,13H,2-3,5,8-10,12H2,1H3,(H,21,24)(H,22,26). The first kappa shape index (κ1) is 18.7. The van der Waals surface area contributed by atoms with E-state index in [4.69, 9.17) is 11.6 Å². The van der Waals surface area contributed by atoms with Gasteiger partial charge in [0.15, 0.2) is 0 Å². The van der Waals surface area contributed by atoms with E-state index in [-0.39, 0.29) is 24.3 Å². The third kappa shape index (κ3) is 3.70. The van der Waals surface area contributed by atoms with E-state index in [2.05, 4.69) is 10.6 Å². The van der Waals surface area contributed by atoms with Gasteiger partial charge in [0.25, 0.3) is 5.91 Å². The highest BCUT2D eigenvalue weighted by molar-refractivity contribution is 6.30. The molecule has 1 saturated carbocycles. The highest BCUT2D eigenvalue weighted by Gasteiger charge is 2.55. The molecule has 1 saturated heterocycles. The Labute approximate surface area is 158 Å². The van der Waals surface area contributed by atoms with Crippen LogP contribution in [0.2, 0.25) is 5.02 Å². The summed E-state index contributed by atoms with van der Waals surface area (Å²) in [5.41, 5.74) is 0.193. The zero-order chi connectivity index (χ0) is 18.7. The molecule has 6 nitrogen and oxygen atoms in total. The number of halogens is 1. The summed E-state index contributed by atoms with van der Waals surface area (Å²) >= 11 is 5.94. The molecular weight excluding hydrogens is 354 g/mol. The van der Waals surface area contributed by atoms with E-state index in [1.54, 1.807) is 6.07 Å². The smallest absolute Gasteiger partial charge is 0.325 e. The molecule has 26 heavy (non-hydrogen) atoms. The zero-order valence-electron chi connectivity index (χ0n) is 14.9. The first-order valence-electron chi connectivity index (χ1n) is 9.07. The molecular formula is C19H24ClN3O3. The monoisotopic (exact) mass is 377 g/mol. The van der Waals surface area contributed by atoms with Crippen molar-refractivity contribution in [3.05, 3.63) is 34.9 Å². The summed E-state index contributed by atoms with van der Waals surface area (Å²) in [6.07, 6.45) is 4.16. The second-order valence-electron chi connectivity index (χ2n) is 7.17. The zero-order valence-corrected chi connectivity index (χ0v) is 15.6. The predicted octanol–water partition coefficient (Wildman–Crippen LogP) is 2.50. The van der Waals surface area contributed by atoms with Gasteiger partial charge in [-0.25, -0.2) is 4.79 Å². The Balaban J connectivity index is 1.54. The van der Waals surface area contributed by atoms with Crippen LogP contribution in [0.1, 0.15) is 38.2 Å². The van der Waals surface area contributed by atoms with Crippen molar-refractivity contribution in [3.63, 3.8) is 0 Å². The van der Waals surface area contributed by atoms with E-state index in [0.29, 0.717) is 24.4 Å². The van der Waals surface area contributed by atoms with Gasteiger partial charge in [0.2, 0.25) is 5.91 Å². The van der Waals surface area contributed by atoms with Crippen LogP contribution in [-0.2, 0) is 16.0 Å². The maximum absolute atomic E-state index is 12.8. The molecule has 2 unspecified atom stereocenters. The highest BCUT2D eigenvalue weighted by Crippen LogP contribution is 2.38. The average molecular weight is 378 g/mol. The summed E-state index contributed by atoms with van der Waals surface area (Å²) in [5, 5.41) is 6.27. The Morgan fingerprint density at radius 3 is 2.92 bits per heavy atom. The first-order valence-corrected chi connectivity index (χ1v) is 9.45. The summed E-state index contributed by atoms with van der Waals surface area (Å²) in [6, 6.07) is 6.97. The van der Waals surface area contributed by atoms with Crippen molar-refractivity contribution < 1.29 is 14.4 Å². The Morgan fingerprint density at radius 2 is 2.19 bits per heavy atom. The number of carbonyl (C=O) groups excluding carboxylic acids is 3. The normalized spacial score (nSPS) is 25.5. The minimum Gasteiger partial charge on any atom is -0.354 e. The summed E-state index contributed by atoms with van der Waals surface area (Å²) < 4.78 is 0. The fourth-order valence-electron chi connectivity index (χ4n) is 3.88. The number of rotatable bonds is 5. The molecule has 0 bridgehead atoms. The second-order valence-corrected chi connectivity index (χ2v) is 7.61. The lowest BCUT2D eigenvalue weighted by Crippen LogP contribution is -2.54. The lowest BCUT2D eigenvalue weighted by Gasteiger charge is -2.36. The molecule has 1 aromatic rings. The second kappa shape index (κ2) is 7.66. The van der Waals surface area contributed by atoms with E-state index in [0.717, 1.165) is 29.7 Å². The SMILES string of the molecule is CC1CCCCC12NC(=O)N(CC(=O)NCCc1cccc(Cl)c1)C2=O. The van der Waals surface area contributed by atoms with Crippen molar-refractivity contribution in [2.24, 2.45) is 5.92 Å². The lowest BCUT2D eigenvalue weighted by atomic mass is 9.73. The minimum atomic E-state index is -0.823. The van der Waals surface area contributed by atoms with E-state index in [1.807, 2.05) is 25.1 Å². The summed E-state index contributed by atoms with van der Waals surface area (Å²) in [7, 11) is 0. The van der Waals surface area contributed by atoms with Crippen LogP contribution in [0.4, 0.5) is 4.79 Å². The van der Waals surface area contributed by atoms with Crippen molar-refractivity contribution in [1.29, 1.82) is 0 Å². The van der Waals surface area contributed by atoms with Gasteiger partial charge in [-0.05, 0) is 42.9 Å². The van der Waals surface area contributed by atoms with E-state index >= 15 is 0 Å². The number of urea groups is 1. The Hall–Kier alpha value is -2.08. The van der Waals surface area contributed by atoms with E-state index in [9.17, 15) is 14.4 Å². The number of nitrogens with zero attached hydrogens (tertiary/aromatic N) is 1. The summed E-state index contributed by atoms with van der Waals surface area (Å²) in [5.74, 6) is -0.515. The van der Waals surface area contributed by atoms with Gasteiger partial charge in [-0.1, -0.05) is 43.5 Å². The third-order valence-electron chi connectivity index (χ3n) is 5.43. The number of hydrogen-bond acceptors (Lipinski definition) is 3. The third-order valence-corrected chi connectivity index (χ3v) is 5.66. The molecule has 3 rings (SSSR count). The molecule has 1 aliphatic heterocycles. The number of amides is 4. The molecule has 1 spiro atoms. The van der Waals surface area contributed by atoms with Crippen LogP contribution in [-0.4, -0.2) is 41.4 Å². The van der Waals surface area contributed by atoms with Crippen LogP contribution in [0.3, 0.4) is 0 Å². The number of nitrogens with one attached hydrogen (secondary N) is 2. The van der Waals surface area contributed by atoms with Crippen LogP contribution in [0, 0.1) is 5.92 Å². The molecule has 2 fully saturated rings. The number of benzene rings is 1. The maximum atomic E-state index is 12.8. The number of imide groups is 1. The fraction of sp³-hybridized carbons (Fsp3) is 0.526. The van der Waals surface area contributed by atoms with Crippen LogP contribution in [0.25, 0.3) is 0 Å². The van der Waals surface area contributed by atoms with E-state index < -0.39 is 11.6 Å². The first-order chi connectivity index (χ1) is 12.4. The highest BCUT2D eigenvalue weighted by atomic mass is 35.5. The molecule has 7 heteroatoms. The predicted molar refractivity (Wildman–Crippen MR) is 98.8 cm³/mol. The van der Waals surface area contributed by atoms with E-state index in [1.165, 1.54) is 0 Å². The van der Waals surface area contributed by atoms with Crippen molar-refractivity contribution >= 4 is 29.4 Å². The molecule has 0 radical (unpaired) electrons. The van der Waals surface area contributed by atoms with Crippen LogP contribution in [0.15, 0.2) is 24.3 Å². The van der Waals surface area contributed by atoms with Gasteiger partial charge < -0.3 is 10.6 Å². The van der Waals surface area contributed by atoms with Crippen molar-refractivity contribution in [2.75, 3.05) is 13.1 Å². The molecule has 2 N–H and O–H groups in total. The van der Waals surface area contributed by atoms with Gasteiger partial charge in [-0.3, -0.25) is 14.5 Å². The quantitative estimate of drug-likeness (QED) is 0.774. The molecule has 0 aromatic heterocycles. The maximum Gasteiger partial charge on any atom is 0.325 e. The lowest BCUT2D eigenvalue weighted by molar-refractivity contribution is -0.137. The van der Waals surface area contributed by atoms with Gasteiger partial charge in [0.1, 0.15) is 12.1 Å². The topological polar surface area (TPSA) is 78.5 Å². The largest absolute Gasteiger partial charge is 0.354 e. The van der Waals surface area contributed by atoms with Gasteiger partial charge in [0.05, 0.1) is 0 Å². The summed E-state index contributed by atoms with van der Waals surface area (Å²) in [4.78, 5) is 38.3. The Bertz CT molecular complexity index is 724. The summed E-state index contributed by atoms with van der Waals surface area (Å²) in [6.45, 7) is 2.17. The van der Waals surface area contributed by atoms with Gasteiger partial charge in [-0.2, -0.15) is 0 Å². The van der Waals surface area contributed by atoms with Gasteiger partial charge in [-0.15, -0.1) is 0 Å². The Morgan fingerprint density at radius 1 is 1.38 bits per heavy atom. The molecule has 1 heterocycles. The molecule has 1 aliphatic carbocycles. The van der Waals surface area contributed by atoms with Crippen LogP contribution in [0.5, 0.6) is 0 Å². The molecule has 4 amide bonds. The molecule has 2 atom stereocenters. The van der Waals surface area contributed by atoms with Crippen LogP contribution >= 0.6 is 11.6 Å². The molecule has 2 aliphatic rings. The van der Waals surface area contributed by atoms with Crippen molar-refractivity contribution in [1.82, 2.24) is 15.5 Å². The number of hydrogen-bond donors (Lipinski definition) is 2. The van der Waals surface area contributed by atoms with Gasteiger partial charge in [0, 0.05) is 11.6 Å². The van der Waals surface area contributed by atoms with Crippen molar-refractivity contribution in [2.45, 2.75) is 44.6 Å². The average Bonchev–Trinajstić information content (AvgIpc) is 2.83. The van der Waals surface area contributed by atoms with Crippen molar-refractivity contribution in [3.8, 4) is 0 Å². The molecule has 1 aromatic carbocycles. The van der Waals surface area contributed by atoms with Gasteiger partial charge >= 0.3 is 6.03 Å². The van der Waals surface area contributed by atoms with Crippen LogP contribution < -0.4 is 10.6 Å². The minimum absolute atomic E-state index is 0.0867. The number of carbonyl (C=O) groups is 3. The Kier molecular flexibility index (Phi) is 5.51.